The van der Waals surface area contributed by atoms with Crippen LogP contribution in [0.3, 0.4) is 0 Å². The van der Waals surface area contributed by atoms with Crippen LogP contribution in [0, 0.1) is 0 Å². The summed E-state index contributed by atoms with van der Waals surface area (Å²) in [6.07, 6.45) is 0.629. The van der Waals surface area contributed by atoms with Gasteiger partial charge in [0.05, 0.1) is 23.7 Å². The van der Waals surface area contributed by atoms with E-state index in [4.69, 9.17) is 10.5 Å². The summed E-state index contributed by atoms with van der Waals surface area (Å²) in [4.78, 5) is 12.3. The molecule has 1 atom stereocenters. The second kappa shape index (κ2) is 7.87. The largest absolute Gasteiger partial charge is 0.379 e. The van der Waals surface area contributed by atoms with Crippen LogP contribution in [0.1, 0.15) is 23.7 Å². The molecule has 7 nitrogen and oxygen atoms in total. The quantitative estimate of drug-likeness (QED) is 0.768. The van der Waals surface area contributed by atoms with Gasteiger partial charge in [0.15, 0.2) is 0 Å². The van der Waals surface area contributed by atoms with Crippen LogP contribution in [0.2, 0.25) is 0 Å². The van der Waals surface area contributed by atoms with Gasteiger partial charge in [-0.3, -0.25) is 4.79 Å². The molecule has 1 aromatic carbocycles. The third-order valence-corrected chi connectivity index (χ3v) is 5.56. The Hall–Kier alpha value is -1.48. The molecule has 3 N–H and O–H groups in total. The van der Waals surface area contributed by atoms with Gasteiger partial charge < -0.3 is 15.8 Å². The molecule has 1 aliphatic heterocycles. The van der Waals surface area contributed by atoms with Gasteiger partial charge >= 0.3 is 0 Å². The number of nitrogens with two attached hydrogens (primary N) is 1. The summed E-state index contributed by atoms with van der Waals surface area (Å²) in [5.41, 5.74) is 5.80. The molecule has 1 saturated heterocycles. The van der Waals surface area contributed by atoms with Gasteiger partial charge in [0, 0.05) is 25.7 Å². The maximum absolute atomic E-state index is 12.8. The van der Waals surface area contributed by atoms with E-state index in [1.165, 1.54) is 16.4 Å². The zero-order valence-corrected chi connectivity index (χ0v) is 14.0. The SMILES string of the molecule is CC(N)CCNC(=O)c1ccccc1S(=O)(=O)N1CCOCC1. The Morgan fingerprint density at radius 2 is 2.00 bits per heavy atom. The van der Waals surface area contributed by atoms with E-state index in [2.05, 4.69) is 5.32 Å². The lowest BCUT2D eigenvalue weighted by atomic mass is 10.2. The summed E-state index contributed by atoms with van der Waals surface area (Å²) in [6.45, 7) is 3.57. The van der Waals surface area contributed by atoms with Gasteiger partial charge in [0.2, 0.25) is 10.0 Å². The smallest absolute Gasteiger partial charge is 0.252 e. The van der Waals surface area contributed by atoms with Crippen LogP contribution < -0.4 is 11.1 Å². The first-order valence-electron chi connectivity index (χ1n) is 7.63. The maximum Gasteiger partial charge on any atom is 0.252 e. The second-order valence-electron chi connectivity index (χ2n) is 5.53. The number of nitrogens with zero attached hydrogens (tertiary/aromatic N) is 1. The molecule has 0 radical (unpaired) electrons. The summed E-state index contributed by atoms with van der Waals surface area (Å²) in [5, 5.41) is 2.72. The number of carbonyl (C=O) groups is 1. The van der Waals surface area contributed by atoms with E-state index in [9.17, 15) is 13.2 Å². The molecule has 0 aliphatic carbocycles. The Kier molecular flexibility index (Phi) is 6.11. The summed E-state index contributed by atoms with van der Waals surface area (Å²) < 4.78 is 32.1. The van der Waals surface area contributed by atoms with Crippen molar-refractivity contribution in [2.24, 2.45) is 5.73 Å². The Morgan fingerprint density at radius 1 is 1.35 bits per heavy atom. The molecule has 1 aromatic rings. The highest BCUT2D eigenvalue weighted by molar-refractivity contribution is 7.89. The average molecular weight is 341 g/mol. The zero-order chi connectivity index (χ0) is 16.9. The van der Waals surface area contributed by atoms with Crippen LogP contribution in [0.5, 0.6) is 0 Å². The molecule has 1 amide bonds. The summed E-state index contributed by atoms with van der Waals surface area (Å²) in [6, 6.07) is 6.23. The summed E-state index contributed by atoms with van der Waals surface area (Å²) in [5.74, 6) is -0.405. The van der Waals surface area contributed by atoms with E-state index in [-0.39, 0.29) is 16.5 Å². The third-order valence-electron chi connectivity index (χ3n) is 3.60. The third kappa shape index (κ3) is 4.51. The van der Waals surface area contributed by atoms with Gasteiger partial charge in [-0.2, -0.15) is 4.31 Å². The molecule has 23 heavy (non-hydrogen) atoms. The molecule has 0 bridgehead atoms. The first-order valence-corrected chi connectivity index (χ1v) is 9.07. The molecule has 1 unspecified atom stereocenters. The lowest BCUT2D eigenvalue weighted by Gasteiger charge is -2.26. The van der Waals surface area contributed by atoms with Crippen LogP contribution >= 0.6 is 0 Å². The molecule has 2 rings (SSSR count). The fourth-order valence-electron chi connectivity index (χ4n) is 2.31. The minimum atomic E-state index is -3.71. The fraction of sp³-hybridized carbons (Fsp3) is 0.533. The van der Waals surface area contributed by atoms with E-state index < -0.39 is 15.9 Å². The van der Waals surface area contributed by atoms with Crippen molar-refractivity contribution in [2.75, 3.05) is 32.8 Å². The number of nitrogens with one attached hydrogen (secondary N) is 1. The zero-order valence-electron chi connectivity index (χ0n) is 13.2. The fourth-order valence-corrected chi connectivity index (χ4v) is 3.91. The standard InChI is InChI=1S/C15H23N3O4S/c1-12(16)6-7-17-15(19)13-4-2-3-5-14(13)23(20,21)18-8-10-22-11-9-18/h2-5,12H,6-11,16H2,1H3,(H,17,19). The van der Waals surface area contributed by atoms with Gasteiger partial charge in [-0.1, -0.05) is 12.1 Å². The molecular weight excluding hydrogens is 318 g/mol. The number of sulfonamides is 1. The topological polar surface area (TPSA) is 102 Å². The van der Waals surface area contributed by atoms with Gasteiger partial charge in [0.1, 0.15) is 0 Å². The van der Waals surface area contributed by atoms with Crippen molar-refractivity contribution in [1.82, 2.24) is 9.62 Å². The van der Waals surface area contributed by atoms with Crippen LogP contribution in [-0.2, 0) is 14.8 Å². The highest BCUT2D eigenvalue weighted by atomic mass is 32.2. The van der Waals surface area contributed by atoms with Gasteiger partial charge in [-0.05, 0) is 25.5 Å². The van der Waals surface area contributed by atoms with Crippen LogP contribution in [0.25, 0.3) is 0 Å². The van der Waals surface area contributed by atoms with Crippen molar-refractivity contribution in [3.63, 3.8) is 0 Å². The molecule has 0 aromatic heterocycles. The number of benzene rings is 1. The molecule has 128 valence electrons. The van der Waals surface area contributed by atoms with E-state index in [0.717, 1.165) is 0 Å². The highest BCUT2D eigenvalue weighted by Crippen LogP contribution is 2.21. The number of amides is 1. The van der Waals surface area contributed by atoms with Crippen molar-refractivity contribution in [2.45, 2.75) is 24.3 Å². The van der Waals surface area contributed by atoms with Crippen molar-refractivity contribution in [3.05, 3.63) is 29.8 Å². The van der Waals surface area contributed by atoms with E-state index in [0.29, 0.717) is 39.3 Å². The van der Waals surface area contributed by atoms with Crippen molar-refractivity contribution in [1.29, 1.82) is 0 Å². The Bertz CT molecular complexity index is 640. The second-order valence-corrected chi connectivity index (χ2v) is 7.44. The molecular formula is C15H23N3O4S. The molecule has 8 heteroatoms. The number of hydrogen-bond acceptors (Lipinski definition) is 5. The number of hydrogen-bond donors (Lipinski definition) is 2. The molecule has 1 aliphatic rings. The average Bonchev–Trinajstić information content (AvgIpc) is 2.55. The molecule has 1 heterocycles. The highest BCUT2D eigenvalue weighted by Gasteiger charge is 2.29. The summed E-state index contributed by atoms with van der Waals surface area (Å²) in [7, 11) is -3.71. The van der Waals surface area contributed by atoms with Crippen LogP contribution in [0.4, 0.5) is 0 Å². The van der Waals surface area contributed by atoms with Gasteiger partial charge in [-0.15, -0.1) is 0 Å². The number of rotatable bonds is 6. The van der Waals surface area contributed by atoms with Crippen LogP contribution in [0.15, 0.2) is 29.2 Å². The van der Waals surface area contributed by atoms with E-state index in [1.54, 1.807) is 12.1 Å². The lowest BCUT2D eigenvalue weighted by Crippen LogP contribution is -2.41. The summed E-state index contributed by atoms with van der Waals surface area (Å²) >= 11 is 0. The van der Waals surface area contributed by atoms with Crippen molar-refractivity contribution >= 4 is 15.9 Å². The Labute approximate surface area is 136 Å². The van der Waals surface area contributed by atoms with Crippen molar-refractivity contribution < 1.29 is 17.9 Å². The predicted molar refractivity (Wildman–Crippen MR) is 86.6 cm³/mol. The maximum atomic E-state index is 12.8. The monoisotopic (exact) mass is 341 g/mol. The predicted octanol–water partition coefficient (Wildman–Crippen LogP) is 0.175. The first-order chi connectivity index (χ1) is 10.9. The van der Waals surface area contributed by atoms with Gasteiger partial charge in [0.25, 0.3) is 5.91 Å². The number of morpholine rings is 1. The Morgan fingerprint density at radius 3 is 2.65 bits per heavy atom. The number of carbonyl (C=O) groups excluding carboxylic acids is 1. The Balaban J connectivity index is 2.21. The molecule has 0 saturated carbocycles. The number of ether oxygens (including phenoxy) is 1. The lowest BCUT2D eigenvalue weighted by molar-refractivity contribution is 0.0730. The molecule has 1 fully saturated rings. The molecule has 0 spiro atoms. The minimum absolute atomic E-state index is 0.0253. The minimum Gasteiger partial charge on any atom is -0.379 e. The van der Waals surface area contributed by atoms with Crippen molar-refractivity contribution in [3.8, 4) is 0 Å². The normalized spacial score (nSPS) is 17.7. The van der Waals surface area contributed by atoms with Gasteiger partial charge in [-0.25, -0.2) is 8.42 Å². The van der Waals surface area contributed by atoms with E-state index >= 15 is 0 Å². The van der Waals surface area contributed by atoms with Crippen LogP contribution in [-0.4, -0.2) is 57.5 Å². The van der Waals surface area contributed by atoms with E-state index in [1.807, 2.05) is 6.92 Å². The first kappa shape index (κ1) is 17.9.